The predicted molar refractivity (Wildman–Crippen MR) is 101 cm³/mol. The Bertz CT molecular complexity index is 1080. The minimum Gasteiger partial charge on any atom is -0.285 e. The van der Waals surface area contributed by atoms with Crippen LogP contribution in [0.1, 0.15) is 36.5 Å². The van der Waals surface area contributed by atoms with Crippen molar-refractivity contribution >= 4 is 28.2 Å². The summed E-state index contributed by atoms with van der Waals surface area (Å²) in [7, 11) is 0. The van der Waals surface area contributed by atoms with Crippen molar-refractivity contribution in [1.29, 1.82) is 5.53 Å². The molecule has 1 unspecified atom stereocenters. The molecular formula is C20H17F2N5O. The lowest BCUT2D eigenvalue weighted by Gasteiger charge is -2.08. The van der Waals surface area contributed by atoms with Gasteiger partial charge in [0, 0.05) is 29.1 Å². The summed E-state index contributed by atoms with van der Waals surface area (Å²) in [5.41, 5.74) is 8.18. The van der Waals surface area contributed by atoms with Crippen LogP contribution in [0.25, 0.3) is 10.9 Å². The Kier molecular flexibility index (Phi) is 5.58. The third-order valence-electron chi connectivity index (χ3n) is 4.06. The molecule has 3 aromatic rings. The smallest absolute Gasteiger partial charge is 0.230 e. The summed E-state index contributed by atoms with van der Waals surface area (Å²) in [6.45, 7) is 3.55. The van der Waals surface area contributed by atoms with Crippen molar-refractivity contribution in [3.63, 3.8) is 0 Å². The number of hydrogen-bond acceptors (Lipinski definition) is 6. The van der Waals surface area contributed by atoms with Gasteiger partial charge in [-0.1, -0.05) is 0 Å². The minimum atomic E-state index is -0.519. The number of aromatic nitrogens is 2. The molecule has 3 rings (SSSR count). The molecule has 28 heavy (non-hydrogen) atoms. The van der Waals surface area contributed by atoms with Gasteiger partial charge in [0.25, 0.3) is 0 Å². The van der Waals surface area contributed by atoms with Crippen LogP contribution >= 0.6 is 0 Å². The SMILES string of the molecule is CC(CC(C)N=N)=Nc1nc(C(=O)c2ccc(F)cc2)nc2cc(F)ccc12. The van der Waals surface area contributed by atoms with Crippen LogP contribution < -0.4 is 0 Å². The zero-order chi connectivity index (χ0) is 20.3. The van der Waals surface area contributed by atoms with E-state index in [-0.39, 0.29) is 28.8 Å². The molecule has 0 aliphatic rings. The van der Waals surface area contributed by atoms with E-state index in [1.54, 1.807) is 13.8 Å². The fourth-order valence-corrected chi connectivity index (χ4v) is 2.70. The molecule has 0 radical (unpaired) electrons. The number of carbonyl (C=O) groups excluding carboxylic acids is 1. The first-order valence-corrected chi connectivity index (χ1v) is 8.55. The summed E-state index contributed by atoms with van der Waals surface area (Å²) in [6.07, 6.45) is 0.442. The number of nitrogens with one attached hydrogen (secondary N) is 1. The quantitative estimate of drug-likeness (QED) is 0.368. The van der Waals surface area contributed by atoms with Crippen molar-refractivity contribution in [2.75, 3.05) is 0 Å². The van der Waals surface area contributed by atoms with E-state index in [2.05, 4.69) is 20.1 Å². The molecule has 0 aliphatic heterocycles. The van der Waals surface area contributed by atoms with E-state index in [1.165, 1.54) is 42.5 Å². The van der Waals surface area contributed by atoms with E-state index in [9.17, 15) is 13.6 Å². The molecule has 0 aliphatic carbocycles. The van der Waals surface area contributed by atoms with Gasteiger partial charge in [0.1, 0.15) is 11.6 Å². The fraction of sp³-hybridized carbons (Fsp3) is 0.200. The van der Waals surface area contributed by atoms with Crippen molar-refractivity contribution < 1.29 is 13.6 Å². The molecular weight excluding hydrogens is 364 g/mol. The Hall–Kier alpha value is -3.42. The van der Waals surface area contributed by atoms with E-state index in [4.69, 9.17) is 5.53 Å². The maximum Gasteiger partial charge on any atom is 0.230 e. The molecule has 0 spiro atoms. The van der Waals surface area contributed by atoms with Crippen molar-refractivity contribution in [2.24, 2.45) is 10.1 Å². The van der Waals surface area contributed by atoms with Crippen LogP contribution in [0.2, 0.25) is 0 Å². The van der Waals surface area contributed by atoms with Gasteiger partial charge >= 0.3 is 0 Å². The lowest BCUT2D eigenvalue weighted by atomic mass is 10.1. The van der Waals surface area contributed by atoms with E-state index >= 15 is 0 Å². The van der Waals surface area contributed by atoms with Gasteiger partial charge in [0.15, 0.2) is 5.82 Å². The van der Waals surface area contributed by atoms with Crippen molar-refractivity contribution in [2.45, 2.75) is 26.3 Å². The Morgan fingerprint density at radius 2 is 1.79 bits per heavy atom. The third kappa shape index (κ3) is 4.28. The maximum atomic E-state index is 13.7. The van der Waals surface area contributed by atoms with Gasteiger partial charge in [-0.3, -0.25) is 4.79 Å². The molecule has 6 nitrogen and oxygen atoms in total. The summed E-state index contributed by atoms with van der Waals surface area (Å²) in [5, 5.41) is 3.93. The molecule has 1 atom stereocenters. The van der Waals surface area contributed by atoms with Crippen molar-refractivity contribution in [1.82, 2.24) is 9.97 Å². The molecule has 0 bridgehead atoms. The zero-order valence-electron chi connectivity index (χ0n) is 15.3. The highest BCUT2D eigenvalue weighted by molar-refractivity contribution is 6.08. The number of hydrogen-bond donors (Lipinski definition) is 1. The molecule has 142 valence electrons. The predicted octanol–water partition coefficient (Wildman–Crippen LogP) is 5.04. The highest BCUT2D eigenvalue weighted by Crippen LogP contribution is 2.25. The van der Waals surface area contributed by atoms with Gasteiger partial charge < -0.3 is 0 Å². The summed E-state index contributed by atoms with van der Waals surface area (Å²) in [4.78, 5) is 25.6. The fourth-order valence-electron chi connectivity index (χ4n) is 2.70. The summed E-state index contributed by atoms with van der Waals surface area (Å²) in [6, 6.07) is 8.74. The molecule has 1 heterocycles. The highest BCUT2D eigenvalue weighted by Gasteiger charge is 2.17. The normalized spacial score (nSPS) is 12.8. The molecule has 0 saturated carbocycles. The van der Waals surface area contributed by atoms with Gasteiger partial charge in [-0.25, -0.2) is 29.3 Å². The van der Waals surface area contributed by atoms with Crippen LogP contribution in [-0.4, -0.2) is 27.5 Å². The Balaban J connectivity index is 2.11. The number of fused-ring (bicyclic) bond motifs is 1. The maximum absolute atomic E-state index is 13.7. The first-order chi connectivity index (χ1) is 13.4. The summed E-state index contributed by atoms with van der Waals surface area (Å²) >= 11 is 0. The summed E-state index contributed by atoms with van der Waals surface area (Å²) < 4.78 is 26.8. The first kappa shape index (κ1) is 19.3. The standard InChI is InChI=1S/C20H17F2N5O/c1-11(9-12(2)27-23)24-19-16-8-7-15(22)10-17(16)25-20(26-19)18(28)13-3-5-14(21)6-4-13/h3-8,10,12,23H,9H2,1-2H3. The molecule has 2 aromatic carbocycles. The average molecular weight is 381 g/mol. The average Bonchev–Trinajstić information content (AvgIpc) is 2.67. The molecule has 1 N–H and O–H groups in total. The largest absolute Gasteiger partial charge is 0.285 e. The number of rotatable bonds is 6. The van der Waals surface area contributed by atoms with Crippen LogP contribution in [0.15, 0.2) is 52.6 Å². The summed E-state index contributed by atoms with van der Waals surface area (Å²) in [5.74, 6) is -1.41. The Morgan fingerprint density at radius 1 is 1.11 bits per heavy atom. The lowest BCUT2D eigenvalue weighted by Crippen LogP contribution is -2.08. The minimum absolute atomic E-state index is 0.158. The van der Waals surface area contributed by atoms with Crippen molar-refractivity contribution in [3.05, 3.63) is 65.5 Å². The topological polar surface area (TPSA) is 91.4 Å². The zero-order valence-corrected chi connectivity index (χ0v) is 15.3. The van der Waals surface area contributed by atoms with Crippen LogP contribution in [0.4, 0.5) is 14.6 Å². The number of benzene rings is 2. The van der Waals surface area contributed by atoms with E-state index in [0.717, 1.165) is 0 Å². The van der Waals surface area contributed by atoms with E-state index < -0.39 is 17.4 Å². The third-order valence-corrected chi connectivity index (χ3v) is 4.06. The molecule has 0 saturated heterocycles. The van der Waals surface area contributed by atoms with Crippen LogP contribution in [0.3, 0.4) is 0 Å². The number of nitrogens with zero attached hydrogens (tertiary/aromatic N) is 4. The van der Waals surface area contributed by atoms with Crippen LogP contribution in [0.5, 0.6) is 0 Å². The molecule has 1 aromatic heterocycles. The van der Waals surface area contributed by atoms with Crippen LogP contribution in [0, 0.1) is 17.2 Å². The second kappa shape index (κ2) is 8.08. The monoisotopic (exact) mass is 381 g/mol. The van der Waals surface area contributed by atoms with Gasteiger partial charge in [-0.2, -0.15) is 5.11 Å². The second-order valence-corrected chi connectivity index (χ2v) is 6.40. The number of halogens is 2. The highest BCUT2D eigenvalue weighted by atomic mass is 19.1. The van der Waals surface area contributed by atoms with Gasteiger partial charge in [0.2, 0.25) is 11.6 Å². The molecule has 8 heteroatoms. The lowest BCUT2D eigenvalue weighted by molar-refractivity contribution is 0.102. The van der Waals surface area contributed by atoms with Crippen molar-refractivity contribution in [3.8, 4) is 0 Å². The van der Waals surface area contributed by atoms with Gasteiger partial charge in [0.05, 0.1) is 11.6 Å². The first-order valence-electron chi connectivity index (χ1n) is 8.55. The number of carbonyl (C=O) groups is 1. The second-order valence-electron chi connectivity index (χ2n) is 6.40. The Labute approximate surface area is 159 Å². The molecule has 0 amide bonds. The van der Waals surface area contributed by atoms with E-state index in [0.29, 0.717) is 17.5 Å². The van der Waals surface area contributed by atoms with Crippen LogP contribution in [-0.2, 0) is 0 Å². The van der Waals surface area contributed by atoms with E-state index in [1.807, 2.05) is 0 Å². The number of ketones is 1. The number of aliphatic imine (C=N–C) groups is 1. The molecule has 0 fully saturated rings. The Morgan fingerprint density at radius 3 is 2.46 bits per heavy atom. The van der Waals surface area contributed by atoms with Gasteiger partial charge in [-0.05, 0) is 50.2 Å². The van der Waals surface area contributed by atoms with Gasteiger partial charge in [-0.15, -0.1) is 0 Å².